The standard InChI is InChI=1S/C22H20N4O3/c1-28-19-11-10-14(12-20(19)29-2)21(27)23-15-6-5-7-16(13-15)24-22-25-17-8-3-4-9-18(17)26-22/h3-13H,1-2H3,(H,23,27)(H2,24,25,26). The van der Waals surface area contributed by atoms with Crippen LogP contribution in [0.5, 0.6) is 11.5 Å². The van der Waals surface area contributed by atoms with Crippen LogP contribution < -0.4 is 20.1 Å². The molecule has 4 rings (SSSR count). The van der Waals surface area contributed by atoms with Crippen LogP contribution in [-0.4, -0.2) is 30.1 Å². The van der Waals surface area contributed by atoms with Gasteiger partial charge < -0.3 is 25.1 Å². The zero-order chi connectivity index (χ0) is 20.2. The molecule has 0 saturated carbocycles. The minimum absolute atomic E-state index is 0.244. The lowest BCUT2D eigenvalue weighted by atomic mass is 10.1. The highest BCUT2D eigenvalue weighted by Crippen LogP contribution is 2.28. The average Bonchev–Trinajstić information content (AvgIpc) is 3.15. The van der Waals surface area contributed by atoms with Crippen LogP contribution in [0.15, 0.2) is 66.7 Å². The van der Waals surface area contributed by atoms with Crippen molar-refractivity contribution in [3.8, 4) is 11.5 Å². The van der Waals surface area contributed by atoms with Crippen LogP contribution >= 0.6 is 0 Å². The van der Waals surface area contributed by atoms with E-state index in [0.29, 0.717) is 28.7 Å². The zero-order valence-electron chi connectivity index (χ0n) is 16.0. The van der Waals surface area contributed by atoms with Crippen LogP contribution in [0, 0.1) is 0 Å². The van der Waals surface area contributed by atoms with Crippen LogP contribution in [0.4, 0.5) is 17.3 Å². The Morgan fingerprint density at radius 3 is 2.48 bits per heavy atom. The van der Waals surface area contributed by atoms with Gasteiger partial charge in [-0.25, -0.2) is 4.98 Å². The van der Waals surface area contributed by atoms with Crippen LogP contribution in [0.25, 0.3) is 11.0 Å². The van der Waals surface area contributed by atoms with Crippen molar-refractivity contribution in [2.75, 3.05) is 24.9 Å². The van der Waals surface area contributed by atoms with Gasteiger partial charge in [-0.2, -0.15) is 0 Å². The highest BCUT2D eigenvalue weighted by molar-refractivity contribution is 6.04. The molecule has 29 heavy (non-hydrogen) atoms. The first-order valence-electron chi connectivity index (χ1n) is 9.01. The number of aromatic nitrogens is 2. The number of aromatic amines is 1. The van der Waals surface area contributed by atoms with Crippen molar-refractivity contribution < 1.29 is 14.3 Å². The lowest BCUT2D eigenvalue weighted by Gasteiger charge is -2.11. The molecule has 0 radical (unpaired) electrons. The lowest BCUT2D eigenvalue weighted by molar-refractivity contribution is 0.102. The fourth-order valence-electron chi connectivity index (χ4n) is 3.00. The van der Waals surface area contributed by atoms with Gasteiger partial charge in [-0.05, 0) is 48.5 Å². The van der Waals surface area contributed by atoms with Gasteiger partial charge in [0, 0.05) is 16.9 Å². The number of imidazole rings is 1. The van der Waals surface area contributed by atoms with E-state index in [1.807, 2.05) is 48.5 Å². The Labute approximate surface area is 167 Å². The molecule has 7 heteroatoms. The van der Waals surface area contributed by atoms with Crippen molar-refractivity contribution in [1.82, 2.24) is 9.97 Å². The molecule has 4 aromatic rings. The molecule has 0 atom stereocenters. The van der Waals surface area contributed by atoms with E-state index in [2.05, 4.69) is 20.6 Å². The summed E-state index contributed by atoms with van der Waals surface area (Å²) in [6.07, 6.45) is 0. The second-order valence-electron chi connectivity index (χ2n) is 6.33. The molecule has 0 saturated heterocycles. The molecule has 3 N–H and O–H groups in total. The first-order chi connectivity index (χ1) is 14.2. The summed E-state index contributed by atoms with van der Waals surface area (Å²) >= 11 is 0. The third-order valence-electron chi connectivity index (χ3n) is 4.42. The highest BCUT2D eigenvalue weighted by Gasteiger charge is 2.11. The van der Waals surface area contributed by atoms with E-state index in [4.69, 9.17) is 9.47 Å². The number of para-hydroxylation sites is 2. The molecule has 0 unspecified atom stereocenters. The Morgan fingerprint density at radius 2 is 1.69 bits per heavy atom. The number of rotatable bonds is 6. The number of nitrogens with zero attached hydrogens (tertiary/aromatic N) is 1. The molecule has 1 heterocycles. The van der Waals surface area contributed by atoms with Crippen molar-refractivity contribution in [1.29, 1.82) is 0 Å². The third kappa shape index (κ3) is 3.98. The monoisotopic (exact) mass is 388 g/mol. The smallest absolute Gasteiger partial charge is 0.255 e. The van der Waals surface area contributed by atoms with Gasteiger partial charge in [-0.1, -0.05) is 18.2 Å². The number of ether oxygens (including phenoxy) is 2. The highest BCUT2D eigenvalue weighted by atomic mass is 16.5. The Bertz CT molecular complexity index is 1140. The van der Waals surface area contributed by atoms with E-state index in [9.17, 15) is 4.79 Å². The van der Waals surface area contributed by atoms with Crippen molar-refractivity contribution in [2.24, 2.45) is 0 Å². The molecule has 146 valence electrons. The number of H-pyrrole nitrogens is 1. The number of nitrogens with one attached hydrogen (secondary N) is 3. The third-order valence-corrected chi connectivity index (χ3v) is 4.42. The number of hydrogen-bond donors (Lipinski definition) is 3. The van der Waals surface area contributed by atoms with E-state index >= 15 is 0 Å². The fraction of sp³-hybridized carbons (Fsp3) is 0.0909. The molecule has 0 aliphatic carbocycles. The number of hydrogen-bond acceptors (Lipinski definition) is 5. The van der Waals surface area contributed by atoms with Gasteiger partial charge in [0.15, 0.2) is 11.5 Å². The summed E-state index contributed by atoms with van der Waals surface area (Å²) in [5.74, 6) is 1.46. The Hall–Kier alpha value is -4.00. The number of anilines is 3. The molecule has 0 aliphatic rings. The van der Waals surface area contributed by atoms with E-state index in [1.165, 1.54) is 7.11 Å². The Morgan fingerprint density at radius 1 is 0.897 bits per heavy atom. The Kier molecular flexibility index (Phi) is 5.03. The second-order valence-corrected chi connectivity index (χ2v) is 6.33. The summed E-state index contributed by atoms with van der Waals surface area (Å²) in [7, 11) is 3.09. The van der Waals surface area contributed by atoms with Gasteiger partial charge in [-0.3, -0.25) is 4.79 Å². The van der Waals surface area contributed by atoms with Crippen LogP contribution in [0.3, 0.4) is 0 Å². The van der Waals surface area contributed by atoms with E-state index in [-0.39, 0.29) is 5.91 Å². The van der Waals surface area contributed by atoms with Crippen LogP contribution in [0.1, 0.15) is 10.4 Å². The normalized spacial score (nSPS) is 10.6. The minimum Gasteiger partial charge on any atom is -0.493 e. The predicted octanol–water partition coefficient (Wildman–Crippen LogP) is 4.58. The van der Waals surface area contributed by atoms with Crippen molar-refractivity contribution >= 4 is 34.3 Å². The molecular weight excluding hydrogens is 368 g/mol. The topological polar surface area (TPSA) is 88.3 Å². The molecular formula is C22H20N4O3. The number of methoxy groups -OCH3 is 2. The van der Waals surface area contributed by atoms with E-state index in [0.717, 1.165) is 16.7 Å². The fourth-order valence-corrected chi connectivity index (χ4v) is 3.00. The van der Waals surface area contributed by atoms with Crippen LogP contribution in [-0.2, 0) is 0 Å². The van der Waals surface area contributed by atoms with Gasteiger partial charge in [-0.15, -0.1) is 0 Å². The van der Waals surface area contributed by atoms with E-state index in [1.54, 1.807) is 25.3 Å². The summed E-state index contributed by atoms with van der Waals surface area (Å²) in [4.78, 5) is 20.3. The summed E-state index contributed by atoms with van der Waals surface area (Å²) in [5, 5.41) is 6.12. The maximum Gasteiger partial charge on any atom is 0.255 e. The number of amides is 1. The summed E-state index contributed by atoms with van der Waals surface area (Å²) in [6.45, 7) is 0. The molecule has 1 aromatic heterocycles. The summed E-state index contributed by atoms with van der Waals surface area (Å²) in [5.41, 5.74) is 3.76. The predicted molar refractivity (Wildman–Crippen MR) is 113 cm³/mol. The number of carbonyl (C=O) groups excluding carboxylic acids is 1. The van der Waals surface area contributed by atoms with Crippen molar-refractivity contribution in [3.05, 3.63) is 72.3 Å². The molecule has 0 aliphatic heterocycles. The van der Waals surface area contributed by atoms with Gasteiger partial charge in [0.25, 0.3) is 5.91 Å². The van der Waals surface area contributed by atoms with Gasteiger partial charge in [0.2, 0.25) is 5.95 Å². The second kappa shape index (κ2) is 7.93. The molecule has 0 spiro atoms. The quantitative estimate of drug-likeness (QED) is 0.450. The summed E-state index contributed by atoms with van der Waals surface area (Å²) < 4.78 is 10.5. The van der Waals surface area contributed by atoms with E-state index < -0.39 is 0 Å². The maximum absolute atomic E-state index is 12.6. The molecule has 1 amide bonds. The van der Waals surface area contributed by atoms with Crippen LogP contribution in [0.2, 0.25) is 0 Å². The molecule has 0 fully saturated rings. The molecule has 3 aromatic carbocycles. The van der Waals surface area contributed by atoms with Gasteiger partial charge in [0.1, 0.15) is 0 Å². The Balaban J connectivity index is 1.50. The van der Waals surface area contributed by atoms with Crippen molar-refractivity contribution in [2.45, 2.75) is 0 Å². The molecule has 0 bridgehead atoms. The molecule has 7 nitrogen and oxygen atoms in total. The average molecular weight is 388 g/mol. The first kappa shape index (κ1) is 18.4. The number of fused-ring (bicyclic) bond motifs is 1. The lowest BCUT2D eigenvalue weighted by Crippen LogP contribution is -2.12. The van der Waals surface area contributed by atoms with Gasteiger partial charge >= 0.3 is 0 Å². The largest absolute Gasteiger partial charge is 0.493 e. The minimum atomic E-state index is -0.244. The van der Waals surface area contributed by atoms with Gasteiger partial charge in [0.05, 0.1) is 25.3 Å². The van der Waals surface area contributed by atoms with Crippen molar-refractivity contribution in [3.63, 3.8) is 0 Å². The zero-order valence-corrected chi connectivity index (χ0v) is 16.0. The SMILES string of the molecule is COc1ccc(C(=O)Nc2cccc(Nc3nc4ccccc4[nH]3)c2)cc1OC. The first-order valence-corrected chi connectivity index (χ1v) is 9.01. The maximum atomic E-state index is 12.6. The number of benzene rings is 3. The summed E-state index contributed by atoms with van der Waals surface area (Å²) in [6, 6.07) is 20.3. The number of carbonyl (C=O) groups is 1.